The second-order valence-electron chi connectivity index (χ2n) is 14.1. The first kappa shape index (κ1) is 32.6. The van der Waals surface area contributed by atoms with Crippen molar-refractivity contribution in [3.05, 3.63) is 148 Å². The Hall–Kier alpha value is -5.31. The zero-order chi connectivity index (χ0) is 35.6. The molecule has 252 valence electrons. The Morgan fingerprint density at radius 1 is 0.712 bits per heavy atom. The molecule has 0 amide bonds. The van der Waals surface area contributed by atoms with Crippen LogP contribution in [-0.2, 0) is 5.41 Å². The average Bonchev–Trinajstić information content (AvgIpc) is 3.76. The van der Waals surface area contributed by atoms with Crippen LogP contribution in [0.5, 0.6) is 5.75 Å². The molecule has 0 bridgehead atoms. The SMILES string of the molecule is CC(C)(C)c1cc(I)cc(C=Nc2ccccc2-c2nc3c(-c4cccc5c4oc4ccccc45)cc(-c4cccc5ccccc45)cc3s2)c1O. The molecule has 52 heavy (non-hydrogen) atoms. The summed E-state index contributed by atoms with van der Waals surface area (Å²) in [4.78, 5) is 10.3. The average molecular weight is 805 g/mol. The van der Waals surface area contributed by atoms with E-state index < -0.39 is 0 Å². The maximum atomic E-state index is 11.2. The van der Waals surface area contributed by atoms with E-state index in [4.69, 9.17) is 14.4 Å². The van der Waals surface area contributed by atoms with Crippen LogP contribution in [0.3, 0.4) is 0 Å². The molecule has 0 spiro atoms. The van der Waals surface area contributed by atoms with Crippen LogP contribution >= 0.6 is 33.9 Å². The summed E-state index contributed by atoms with van der Waals surface area (Å²) in [7, 11) is 0. The van der Waals surface area contributed by atoms with Gasteiger partial charge in [-0.1, -0.05) is 112 Å². The molecule has 9 rings (SSSR count). The van der Waals surface area contributed by atoms with E-state index in [1.807, 2.05) is 42.5 Å². The van der Waals surface area contributed by atoms with Crippen LogP contribution in [0.15, 0.2) is 143 Å². The highest BCUT2D eigenvalue weighted by atomic mass is 127. The Morgan fingerprint density at radius 3 is 2.27 bits per heavy atom. The van der Waals surface area contributed by atoms with Crippen molar-refractivity contribution in [1.29, 1.82) is 0 Å². The van der Waals surface area contributed by atoms with Gasteiger partial charge in [0, 0.05) is 48.4 Å². The predicted molar refractivity (Wildman–Crippen MR) is 227 cm³/mol. The number of furan rings is 1. The summed E-state index contributed by atoms with van der Waals surface area (Å²) in [6.45, 7) is 6.32. The predicted octanol–water partition coefficient (Wildman–Crippen LogP) is 13.7. The molecule has 6 heteroatoms. The number of thiazole rings is 1. The minimum atomic E-state index is -0.206. The maximum Gasteiger partial charge on any atom is 0.143 e. The monoisotopic (exact) mass is 804 g/mol. The lowest BCUT2D eigenvalue weighted by molar-refractivity contribution is 0.445. The van der Waals surface area contributed by atoms with Gasteiger partial charge in [-0.3, -0.25) is 4.99 Å². The van der Waals surface area contributed by atoms with Gasteiger partial charge in [0.2, 0.25) is 0 Å². The van der Waals surface area contributed by atoms with Crippen LogP contribution in [0.4, 0.5) is 5.69 Å². The number of halogens is 1. The normalized spacial score (nSPS) is 12.2. The minimum absolute atomic E-state index is 0.206. The van der Waals surface area contributed by atoms with Crippen molar-refractivity contribution in [3.8, 4) is 38.6 Å². The highest BCUT2D eigenvalue weighted by molar-refractivity contribution is 14.1. The third-order valence-corrected chi connectivity index (χ3v) is 11.3. The van der Waals surface area contributed by atoms with Gasteiger partial charge < -0.3 is 9.52 Å². The molecule has 7 aromatic carbocycles. The molecular formula is C46H33IN2O2S. The molecular weight excluding hydrogens is 771 g/mol. The number of hydrogen-bond acceptors (Lipinski definition) is 5. The third-order valence-electron chi connectivity index (χ3n) is 9.68. The molecule has 9 aromatic rings. The maximum absolute atomic E-state index is 11.2. The molecule has 2 aromatic heterocycles. The molecule has 1 N–H and O–H groups in total. The van der Waals surface area contributed by atoms with Gasteiger partial charge in [-0.2, -0.15) is 0 Å². The summed E-state index contributed by atoms with van der Waals surface area (Å²) in [5.41, 5.74) is 10.1. The quantitative estimate of drug-likeness (QED) is 0.139. The summed E-state index contributed by atoms with van der Waals surface area (Å²) >= 11 is 3.97. The number of nitrogens with zero attached hydrogens (tertiary/aromatic N) is 2. The number of fused-ring (bicyclic) bond motifs is 5. The molecule has 0 atom stereocenters. The minimum Gasteiger partial charge on any atom is -0.507 e. The van der Waals surface area contributed by atoms with Gasteiger partial charge in [-0.25, -0.2) is 4.98 Å². The van der Waals surface area contributed by atoms with Crippen molar-refractivity contribution in [2.75, 3.05) is 0 Å². The van der Waals surface area contributed by atoms with Gasteiger partial charge in [0.05, 0.1) is 15.9 Å². The molecule has 0 aliphatic carbocycles. The fourth-order valence-corrected chi connectivity index (χ4v) is 8.85. The van der Waals surface area contributed by atoms with Crippen molar-refractivity contribution in [3.63, 3.8) is 0 Å². The summed E-state index contributed by atoms with van der Waals surface area (Å²) in [6, 6.07) is 46.3. The molecule has 0 aliphatic rings. The van der Waals surface area contributed by atoms with Crippen LogP contribution in [0.25, 0.3) is 75.8 Å². The van der Waals surface area contributed by atoms with Crippen molar-refractivity contribution in [2.45, 2.75) is 26.2 Å². The second kappa shape index (κ2) is 12.7. The van der Waals surface area contributed by atoms with Gasteiger partial charge in [-0.15, -0.1) is 11.3 Å². The molecule has 0 saturated carbocycles. The number of rotatable bonds is 5. The number of benzene rings is 7. The summed E-state index contributed by atoms with van der Waals surface area (Å²) in [5, 5.41) is 16.7. The molecule has 0 unspecified atom stereocenters. The number of hydrogen-bond donors (Lipinski definition) is 1. The Bertz CT molecular complexity index is 2870. The molecule has 4 nitrogen and oxygen atoms in total. The molecule has 2 heterocycles. The van der Waals surface area contributed by atoms with Gasteiger partial charge >= 0.3 is 0 Å². The first-order valence-electron chi connectivity index (χ1n) is 17.2. The Balaban J connectivity index is 1.25. The topological polar surface area (TPSA) is 58.6 Å². The number of aliphatic imine (C=N–C) groups is 1. The Kier molecular flexibility index (Phi) is 7.97. The van der Waals surface area contributed by atoms with Crippen LogP contribution in [0.2, 0.25) is 0 Å². The third kappa shape index (κ3) is 5.67. The smallest absolute Gasteiger partial charge is 0.143 e. The number of aromatic hydroxyl groups is 1. The fraction of sp³-hybridized carbons (Fsp3) is 0.0870. The standard InChI is InChI=1S/C46H33IN2O2S/c1-46(2,3)38-25-30(47)22-29(43(38)50)26-48-39-20-8-6-16-36(39)45-49-42-37(35-19-11-18-34-33-15-7-9-21-40(33)51-44(34)35)23-28(24-41(42)52-45)32-17-10-13-27-12-4-5-14-31(27)32/h4-26,50H,1-3H3. The molecule has 0 saturated heterocycles. The van der Waals surface area contributed by atoms with Crippen molar-refractivity contribution in [2.24, 2.45) is 4.99 Å². The molecule has 0 aliphatic heterocycles. The van der Waals surface area contributed by atoms with Gasteiger partial charge in [0.1, 0.15) is 21.9 Å². The van der Waals surface area contributed by atoms with E-state index in [9.17, 15) is 5.11 Å². The van der Waals surface area contributed by atoms with Gasteiger partial charge in [0.25, 0.3) is 0 Å². The van der Waals surface area contributed by atoms with Crippen molar-refractivity contribution < 1.29 is 9.52 Å². The van der Waals surface area contributed by atoms with Crippen LogP contribution in [0, 0.1) is 3.57 Å². The lowest BCUT2D eigenvalue weighted by Crippen LogP contribution is -2.12. The van der Waals surface area contributed by atoms with Crippen LogP contribution in [0.1, 0.15) is 31.9 Å². The zero-order valence-corrected chi connectivity index (χ0v) is 31.8. The van der Waals surface area contributed by atoms with E-state index in [-0.39, 0.29) is 11.2 Å². The largest absolute Gasteiger partial charge is 0.507 e. The first-order chi connectivity index (χ1) is 25.2. The van der Waals surface area contributed by atoms with Crippen LogP contribution in [-0.4, -0.2) is 16.3 Å². The van der Waals surface area contributed by atoms with E-state index in [2.05, 4.69) is 134 Å². The summed E-state index contributed by atoms with van der Waals surface area (Å²) in [6.07, 6.45) is 1.77. The van der Waals surface area contributed by atoms with E-state index in [0.29, 0.717) is 5.56 Å². The van der Waals surface area contributed by atoms with E-state index >= 15 is 0 Å². The van der Waals surface area contributed by atoms with Crippen molar-refractivity contribution >= 4 is 88.8 Å². The van der Waals surface area contributed by atoms with E-state index in [0.717, 1.165) is 74.2 Å². The molecule has 0 radical (unpaired) electrons. The lowest BCUT2D eigenvalue weighted by Gasteiger charge is -2.21. The number of phenolic OH excluding ortho intramolecular Hbond substituents is 1. The number of para-hydroxylation sites is 3. The highest BCUT2D eigenvalue weighted by Gasteiger charge is 2.22. The number of phenols is 1. The summed E-state index contributed by atoms with van der Waals surface area (Å²) < 4.78 is 8.70. The van der Waals surface area contributed by atoms with Gasteiger partial charge in [-0.05, 0) is 92.4 Å². The lowest BCUT2D eigenvalue weighted by atomic mass is 9.85. The molecule has 0 fully saturated rings. The Morgan fingerprint density at radius 2 is 1.40 bits per heavy atom. The zero-order valence-electron chi connectivity index (χ0n) is 28.8. The summed E-state index contributed by atoms with van der Waals surface area (Å²) in [5.74, 6) is 0.263. The second-order valence-corrected chi connectivity index (χ2v) is 16.4. The first-order valence-corrected chi connectivity index (χ1v) is 19.1. The van der Waals surface area contributed by atoms with E-state index in [1.165, 1.54) is 16.3 Å². The van der Waals surface area contributed by atoms with Crippen LogP contribution < -0.4 is 0 Å². The number of aromatic nitrogens is 1. The fourth-order valence-electron chi connectivity index (χ4n) is 7.14. The highest BCUT2D eigenvalue weighted by Crippen LogP contribution is 2.45. The Labute approximate surface area is 319 Å². The van der Waals surface area contributed by atoms with Gasteiger partial charge in [0.15, 0.2) is 0 Å². The van der Waals surface area contributed by atoms with Crippen molar-refractivity contribution in [1.82, 2.24) is 4.98 Å². The van der Waals surface area contributed by atoms with E-state index in [1.54, 1.807) is 17.6 Å².